The quantitative estimate of drug-likeness (QED) is 0.644. The highest BCUT2D eigenvalue weighted by molar-refractivity contribution is 5.89. The third-order valence-corrected chi connectivity index (χ3v) is 3.41. The highest BCUT2D eigenvalue weighted by Gasteiger charge is 2.08. The summed E-state index contributed by atoms with van der Waals surface area (Å²) < 4.78 is 10.9. The van der Waals surface area contributed by atoms with E-state index in [0.29, 0.717) is 18.1 Å². The Hall–Kier alpha value is -3.14. The molecule has 0 aliphatic rings. The summed E-state index contributed by atoms with van der Waals surface area (Å²) in [7, 11) is 0. The molecule has 0 aliphatic carbocycles. The summed E-state index contributed by atoms with van der Waals surface area (Å²) in [5, 5.41) is 0. The summed E-state index contributed by atoms with van der Waals surface area (Å²) in [6, 6.07) is 22.7. The van der Waals surface area contributed by atoms with Crippen molar-refractivity contribution in [1.82, 2.24) is 4.98 Å². The van der Waals surface area contributed by atoms with Gasteiger partial charge in [0, 0.05) is 12.3 Å². The van der Waals surface area contributed by atoms with Gasteiger partial charge in [-0.25, -0.2) is 9.78 Å². The normalized spacial score (nSPS) is 10.2. The number of benzene rings is 2. The fraction of sp³-hybridized carbons (Fsp3) is 0.100. The number of aromatic nitrogens is 1. The maximum absolute atomic E-state index is 12.0. The molecular weight excluding hydrogens is 302 g/mol. The lowest BCUT2D eigenvalue weighted by Gasteiger charge is -2.07. The van der Waals surface area contributed by atoms with E-state index in [1.165, 1.54) is 6.20 Å². The molecule has 0 spiro atoms. The Morgan fingerprint density at radius 2 is 1.42 bits per heavy atom. The minimum atomic E-state index is -0.402. The van der Waals surface area contributed by atoms with Crippen LogP contribution in [0.1, 0.15) is 21.5 Å². The Morgan fingerprint density at radius 3 is 2.00 bits per heavy atom. The van der Waals surface area contributed by atoms with E-state index in [1.807, 2.05) is 60.7 Å². The number of nitrogens with zero attached hydrogens (tertiary/aromatic N) is 1. The summed E-state index contributed by atoms with van der Waals surface area (Å²) in [6.45, 7) is 0.678. The SMILES string of the molecule is O=C(OCc1ccccc1)c1ccc(OCc2ccccc2)nc1. The number of carbonyl (C=O) groups excluding carboxylic acids is 1. The molecule has 0 unspecified atom stereocenters. The third-order valence-electron chi connectivity index (χ3n) is 3.41. The third kappa shape index (κ3) is 4.43. The average Bonchev–Trinajstić information content (AvgIpc) is 2.66. The Balaban J connectivity index is 1.53. The molecule has 2 aromatic carbocycles. The molecule has 3 aromatic rings. The van der Waals surface area contributed by atoms with Crippen molar-refractivity contribution in [3.63, 3.8) is 0 Å². The lowest BCUT2D eigenvalue weighted by Crippen LogP contribution is -2.06. The van der Waals surface area contributed by atoms with E-state index >= 15 is 0 Å². The number of hydrogen-bond acceptors (Lipinski definition) is 4. The van der Waals surface area contributed by atoms with Crippen LogP contribution < -0.4 is 4.74 Å². The summed E-state index contributed by atoms with van der Waals surface area (Å²) in [6.07, 6.45) is 1.47. The minimum Gasteiger partial charge on any atom is -0.473 e. The smallest absolute Gasteiger partial charge is 0.340 e. The second-order valence-corrected chi connectivity index (χ2v) is 5.22. The number of rotatable bonds is 6. The van der Waals surface area contributed by atoms with Gasteiger partial charge in [0.15, 0.2) is 0 Å². The zero-order valence-corrected chi connectivity index (χ0v) is 13.1. The first kappa shape index (κ1) is 15.7. The first-order chi connectivity index (χ1) is 11.8. The van der Waals surface area contributed by atoms with Crippen LogP contribution in [-0.2, 0) is 18.0 Å². The minimum absolute atomic E-state index is 0.242. The number of pyridine rings is 1. The van der Waals surface area contributed by atoms with Crippen LogP contribution in [0.4, 0.5) is 0 Å². The van der Waals surface area contributed by atoms with Crippen LogP contribution >= 0.6 is 0 Å². The van der Waals surface area contributed by atoms with Crippen LogP contribution in [0.2, 0.25) is 0 Å². The van der Waals surface area contributed by atoms with Crippen LogP contribution in [0.25, 0.3) is 0 Å². The fourth-order valence-electron chi connectivity index (χ4n) is 2.12. The molecule has 0 fully saturated rings. The van der Waals surface area contributed by atoms with Crippen molar-refractivity contribution in [2.75, 3.05) is 0 Å². The molecular formula is C20H17NO3. The molecule has 0 saturated heterocycles. The summed E-state index contributed by atoms with van der Waals surface area (Å²) in [4.78, 5) is 16.2. The molecule has 4 heteroatoms. The Kier molecular flexibility index (Phi) is 5.20. The summed E-state index contributed by atoms with van der Waals surface area (Å²) in [5.41, 5.74) is 2.41. The maximum atomic E-state index is 12.0. The molecule has 24 heavy (non-hydrogen) atoms. The average molecular weight is 319 g/mol. The molecule has 3 rings (SSSR count). The topological polar surface area (TPSA) is 48.4 Å². The second-order valence-electron chi connectivity index (χ2n) is 5.22. The molecule has 0 radical (unpaired) electrons. The highest BCUT2D eigenvalue weighted by Crippen LogP contribution is 2.12. The van der Waals surface area contributed by atoms with Crippen molar-refractivity contribution >= 4 is 5.97 Å². The molecule has 0 atom stereocenters. The van der Waals surface area contributed by atoms with Gasteiger partial charge in [-0.15, -0.1) is 0 Å². The Morgan fingerprint density at radius 1 is 0.792 bits per heavy atom. The largest absolute Gasteiger partial charge is 0.473 e. The van der Waals surface area contributed by atoms with Crippen LogP contribution in [0.15, 0.2) is 79.0 Å². The predicted molar refractivity (Wildman–Crippen MR) is 90.6 cm³/mol. The molecule has 1 aromatic heterocycles. The van der Waals surface area contributed by atoms with E-state index in [-0.39, 0.29) is 6.61 Å². The zero-order chi connectivity index (χ0) is 16.6. The van der Waals surface area contributed by atoms with Crippen molar-refractivity contribution in [3.05, 3.63) is 95.7 Å². The van der Waals surface area contributed by atoms with Crippen LogP contribution in [0.5, 0.6) is 5.88 Å². The van der Waals surface area contributed by atoms with E-state index in [4.69, 9.17) is 9.47 Å². The van der Waals surface area contributed by atoms with Gasteiger partial charge in [0.1, 0.15) is 13.2 Å². The second kappa shape index (κ2) is 7.92. The van der Waals surface area contributed by atoms with E-state index in [0.717, 1.165) is 11.1 Å². The Labute approximate surface area is 140 Å². The summed E-state index contributed by atoms with van der Waals surface area (Å²) in [5.74, 6) is 0.0689. The fourth-order valence-corrected chi connectivity index (χ4v) is 2.12. The number of esters is 1. The van der Waals surface area contributed by atoms with E-state index in [9.17, 15) is 4.79 Å². The van der Waals surface area contributed by atoms with Gasteiger partial charge in [0.05, 0.1) is 5.56 Å². The maximum Gasteiger partial charge on any atom is 0.340 e. The van der Waals surface area contributed by atoms with Gasteiger partial charge in [-0.1, -0.05) is 60.7 Å². The molecule has 0 aliphatic heterocycles. The monoisotopic (exact) mass is 319 g/mol. The van der Waals surface area contributed by atoms with Crippen molar-refractivity contribution in [2.45, 2.75) is 13.2 Å². The highest BCUT2D eigenvalue weighted by atomic mass is 16.5. The molecule has 1 heterocycles. The van der Waals surface area contributed by atoms with Crippen LogP contribution in [-0.4, -0.2) is 11.0 Å². The summed E-state index contributed by atoms with van der Waals surface area (Å²) >= 11 is 0. The first-order valence-electron chi connectivity index (χ1n) is 7.65. The zero-order valence-electron chi connectivity index (χ0n) is 13.1. The van der Waals surface area contributed by atoms with E-state index < -0.39 is 5.97 Å². The van der Waals surface area contributed by atoms with Gasteiger partial charge in [-0.3, -0.25) is 0 Å². The van der Waals surface area contributed by atoms with Gasteiger partial charge in [0.25, 0.3) is 0 Å². The van der Waals surface area contributed by atoms with E-state index in [2.05, 4.69) is 4.98 Å². The molecule has 0 N–H and O–H groups in total. The number of hydrogen-bond donors (Lipinski definition) is 0. The van der Waals surface area contributed by atoms with Crippen molar-refractivity contribution in [3.8, 4) is 5.88 Å². The van der Waals surface area contributed by atoms with Gasteiger partial charge in [-0.2, -0.15) is 0 Å². The van der Waals surface area contributed by atoms with Crippen LogP contribution in [0.3, 0.4) is 0 Å². The number of ether oxygens (including phenoxy) is 2. The van der Waals surface area contributed by atoms with Crippen LogP contribution in [0, 0.1) is 0 Å². The molecule has 0 amide bonds. The first-order valence-corrected chi connectivity index (χ1v) is 7.65. The predicted octanol–water partition coefficient (Wildman–Crippen LogP) is 4.02. The lowest BCUT2D eigenvalue weighted by atomic mass is 10.2. The van der Waals surface area contributed by atoms with Crippen molar-refractivity contribution < 1.29 is 14.3 Å². The molecule has 4 nitrogen and oxygen atoms in total. The van der Waals surface area contributed by atoms with E-state index in [1.54, 1.807) is 12.1 Å². The van der Waals surface area contributed by atoms with Crippen molar-refractivity contribution in [1.29, 1.82) is 0 Å². The van der Waals surface area contributed by atoms with Gasteiger partial charge < -0.3 is 9.47 Å². The van der Waals surface area contributed by atoms with Gasteiger partial charge in [-0.05, 0) is 17.2 Å². The number of carbonyl (C=O) groups is 1. The lowest BCUT2D eigenvalue weighted by molar-refractivity contribution is 0.0472. The van der Waals surface area contributed by atoms with Gasteiger partial charge >= 0.3 is 5.97 Å². The molecule has 120 valence electrons. The molecule has 0 bridgehead atoms. The van der Waals surface area contributed by atoms with Crippen molar-refractivity contribution in [2.24, 2.45) is 0 Å². The molecule has 0 saturated carbocycles. The standard InChI is InChI=1S/C20H17NO3/c22-20(24-15-17-9-5-2-6-10-17)18-11-12-19(21-13-18)23-14-16-7-3-1-4-8-16/h1-13H,14-15H2. The Bertz CT molecular complexity index is 771. The van der Waals surface area contributed by atoms with Gasteiger partial charge in [0.2, 0.25) is 5.88 Å².